The Balaban J connectivity index is 1.56. The van der Waals surface area contributed by atoms with E-state index in [1.165, 1.54) is 10.5 Å². The van der Waals surface area contributed by atoms with Gasteiger partial charge in [0, 0.05) is 38.6 Å². The average Bonchev–Trinajstić information content (AvgIpc) is 3.22. The molecule has 0 atom stereocenters. The Hall–Kier alpha value is -5.19. The average molecular weight is 602 g/mol. The smallest absolute Gasteiger partial charge is 0.160 e. The van der Waals surface area contributed by atoms with Crippen LogP contribution in [0.1, 0.15) is 23.9 Å². The van der Waals surface area contributed by atoms with Crippen LogP contribution in [-0.2, 0) is 6.42 Å². The first-order valence-corrected chi connectivity index (χ1v) is 16.1. The minimum absolute atomic E-state index is 0.637. The fourth-order valence-corrected chi connectivity index (χ4v) is 6.24. The number of rotatable bonds is 8. The van der Waals surface area contributed by atoms with E-state index in [0.29, 0.717) is 5.82 Å². The Morgan fingerprint density at radius 1 is 0.778 bits per heavy atom. The molecule has 0 fully saturated rings. The second kappa shape index (κ2) is 14.5. The molecular formula is C41H35N3S. The van der Waals surface area contributed by atoms with E-state index in [2.05, 4.69) is 109 Å². The van der Waals surface area contributed by atoms with Crippen molar-refractivity contribution in [1.82, 2.24) is 9.97 Å². The summed E-state index contributed by atoms with van der Waals surface area (Å²) in [4.78, 5) is 11.5. The first-order chi connectivity index (χ1) is 22.2. The molecule has 1 N–H and O–H groups in total. The van der Waals surface area contributed by atoms with Gasteiger partial charge in [0.05, 0.1) is 11.4 Å². The van der Waals surface area contributed by atoms with Crippen LogP contribution in [0.5, 0.6) is 0 Å². The normalized spacial score (nSPS) is 14.6. The summed E-state index contributed by atoms with van der Waals surface area (Å²) in [6, 6.07) is 35.7. The first kappa shape index (κ1) is 29.9. The maximum Gasteiger partial charge on any atom is 0.160 e. The SMILES string of the molecule is C=C/C(=C\c1cc2c(cc1-c1ccccc1N/C=C/C)SC/C=C\C=C/C2)c1nc(-c2ccccc2)cc(-c2ccccc2)n1. The number of anilines is 1. The number of para-hydroxylation sites is 1. The predicted molar refractivity (Wildman–Crippen MR) is 194 cm³/mol. The van der Waals surface area contributed by atoms with Crippen molar-refractivity contribution < 1.29 is 0 Å². The van der Waals surface area contributed by atoms with Crippen molar-refractivity contribution in [2.75, 3.05) is 11.1 Å². The van der Waals surface area contributed by atoms with Gasteiger partial charge in [0.15, 0.2) is 5.82 Å². The molecule has 6 rings (SSSR count). The highest BCUT2D eigenvalue weighted by molar-refractivity contribution is 7.99. The van der Waals surface area contributed by atoms with Gasteiger partial charge in [0.1, 0.15) is 0 Å². The Morgan fingerprint density at radius 3 is 2.13 bits per heavy atom. The van der Waals surface area contributed by atoms with Gasteiger partial charge in [-0.15, -0.1) is 11.8 Å². The Kier molecular flexibility index (Phi) is 9.64. The molecule has 0 aliphatic carbocycles. The van der Waals surface area contributed by atoms with E-state index in [0.717, 1.165) is 62.6 Å². The molecule has 2 heterocycles. The fourth-order valence-electron chi connectivity index (χ4n) is 5.33. The van der Waals surface area contributed by atoms with Crippen molar-refractivity contribution in [3.63, 3.8) is 0 Å². The number of benzene rings is 4. The summed E-state index contributed by atoms with van der Waals surface area (Å²) in [5.74, 6) is 1.56. The lowest BCUT2D eigenvalue weighted by molar-refractivity contribution is 1.13. The maximum absolute atomic E-state index is 5.09. The summed E-state index contributed by atoms with van der Waals surface area (Å²) < 4.78 is 0. The Morgan fingerprint density at radius 2 is 1.44 bits per heavy atom. The van der Waals surface area contributed by atoms with E-state index in [4.69, 9.17) is 9.97 Å². The molecule has 1 aromatic heterocycles. The van der Waals surface area contributed by atoms with Crippen LogP contribution in [0.15, 0.2) is 157 Å². The van der Waals surface area contributed by atoms with E-state index >= 15 is 0 Å². The van der Waals surface area contributed by atoms with Crippen LogP contribution >= 0.6 is 11.8 Å². The number of fused-ring (bicyclic) bond motifs is 1. The molecular weight excluding hydrogens is 567 g/mol. The molecule has 45 heavy (non-hydrogen) atoms. The van der Waals surface area contributed by atoms with Gasteiger partial charge in [-0.2, -0.15) is 0 Å². The highest BCUT2D eigenvalue weighted by atomic mass is 32.2. The molecule has 0 spiro atoms. The van der Waals surface area contributed by atoms with Crippen LogP contribution in [0.25, 0.3) is 45.3 Å². The molecule has 1 aliphatic heterocycles. The number of thioether (sulfide) groups is 1. The van der Waals surface area contributed by atoms with Crippen LogP contribution in [0, 0.1) is 0 Å². The summed E-state index contributed by atoms with van der Waals surface area (Å²) in [5, 5.41) is 3.48. The molecule has 4 aromatic carbocycles. The standard InChI is InChI=1S/C41H35N3S/c1-3-24-42-37-23-15-14-22-35(37)36-28-40-33(21-9-5-6-16-25-45-40)27-34(36)26-30(4-2)41-43-38(31-17-10-7-11-18-31)29-39(44-41)32-19-12-8-13-20-32/h3-20,22-24,26-29,42H,2,21,25H2,1H3/b9-5-,16-6-,24-3+,30-26+. The molecule has 220 valence electrons. The van der Waals surface area contributed by atoms with E-state index < -0.39 is 0 Å². The molecule has 0 saturated heterocycles. The van der Waals surface area contributed by atoms with E-state index in [1.807, 2.05) is 73.4 Å². The zero-order valence-electron chi connectivity index (χ0n) is 25.4. The number of allylic oxidation sites excluding steroid dienone is 6. The highest BCUT2D eigenvalue weighted by Crippen LogP contribution is 2.38. The number of nitrogens with one attached hydrogen (secondary N) is 1. The lowest BCUT2D eigenvalue weighted by Crippen LogP contribution is -1.99. The molecule has 0 amide bonds. The Labute approximate surface area is 270 Å². The van der Waals surface area contributed by atoms with Crippen molar-refractivity contribution in [1.29, 1.82) is 0 Å². The maximum atomic E-state index is 5.09. The molecule has 4 heteroatoms. The van der Waals surface area contributed by atoms with Crippen LogP contribution in [0.3, 0.4) is 0 Å². The Bertz CT molecular complexity index is 1860. The second-order valence-electron chi connectivity index (χ2n) is 10.6. The summed E-state index contributed by atoms with van der Waals surface area (Å²) in [6.45, 7) is 6.25. The number of aromatic nitrogens is 2. The minimum Gasteiger partial charge on any atom is -0.362 e. The molecule has 5 aromatic rings. The monoisotopic (exact) mass is 601 g/mol. The lowest BCUT2D eigenvalue weighted by Gasteiger charge is -2.17. The quantitative estimate of drug-likeness (QED) is 0.180. The molecule has 0 unspecified atom stereocenters. The van der Waals surface area contributed by atoms with Gasteiger partial charge in [-0.1, -0.05) is 122 Å². The highest BCUT2D eigenvalue weighted by Gasteiger charge is 2.16. The van der Waals surface area contributed by atoms with Gasteiger partial charge in [-0.3, -0.25) is 0 Å². The van der Waals surface area contributed by atoms with Crippen LogP contribution in [-0.4, -0.2) is 15.7 Å². The summed E-state index contributed by atoms with van der Waals surface area (Å²) >= 11 is 1.87. The van der Waals surface area contributed by atoms with Crippen molar-refractivity contribution in [3.05, 3.63) is 169 Å². The minimum atomic E-state index is 0.637. The zero-order chi connectivity index (χ0) is 30.8. The molecule has 1 aliphatic rings. The van der Waals surface area contributed by atoms with Crippen molar-refractivity contribution in [2.45, 2.75) is 18.2 Å². The van der Waals surface area contributed by atoms with Gasteiger partial charge in [-0.25, -0.2) is 9.97 Å². The largest absolute Gasteiger partial charge is 0.362 e. The van der Waals surface area contributed by atoms with Crippen LogP contribution < -0.4 is 5.32 Å². The van der Waals surface area contributed by atoms with Gasteiger partial charge >= 0.3 is 0 Å². The third-order valence-corrected chi connectivity index (χ3v) is 8.62. The second-order valence-corrected chi connectivity index (χ2v) is 11.7. The van der Waals surface area contributed by atoms with Crippen molar-refractivity contribution >= 4 is 29.1 Å². The summed E-state index contributed by atoms with van der Waals surface area (Å²) in [5.41, 5.74) is 10.4. The van der Waals surface area contributed by atoms with Gasteiger partial charge in [0.2, 0.25) is 0 Å². The molecule has 3 nitrogen and oxygen atoms in total. The van der Waals surface area contributed by atoms with Crippen molar-refractivity contribution in [2.24, 2.45) is 0 Å². The first-order valence-electron chi connectivity index (χ1n) is 15.2. The molecule has 0 bridgehead atoms. The van der Waals surface area contributed by atoms with Crippen molar-refractivity contribution in [3.8, 4) is 33.6 Å². The summed E-state index contributed by atoms with van der Waals surface area (Å²) in [6.07, 6.45) is 17.6. The summed E-state index contributed by atoms with van der Waals surface area (Å²) in [7, 11) is 0. The lowest BCUT2D eigenvalue weighted by atomic mass is 9.93. The van der Waals surface area contributed by atoms with Crippen LogP contribution in [0.4, 0.5) is 5.69 Å². The van der Waals surface area contributed by atoms with E-state index in [9.17, 15) is 0 Å². The topological polar surface area (TPSA) is 37.8 Å². The third-order valence-electron chi connectivity index (χ3n) is 7.57. The van der Waals surface area contributed by atoms with Gasteiger partial charge in [0.25, 0.3) is 0 Å². The number of hydrogen-bond acceptors (Lipinski definition) is 4. The number of nitrogens with zero attached hydrogens (tertiary/aromatic N) is 2. The third kappa shape index (κ3) is 7.14. The van der Waals surface area contributed by atoms with E-state index in [1.54, 1.807) is 0 Å². The van der Waals surface area contributed by atoms with Crippen LogP contribution in [0.2, 0.25) is 0 Å². The predicted octanol–water partition coefficient (Wildman–Crippen LogP) is 10.9. The molecule has 0 saturated carbocycles. The molecule has 0 radical (unpaired) electrons. The van der Waals surface area contributed by atoms with Gasteiger partial charge < -0.3 is 5.32 Å². The fraction of sp³-hybridized carbons (Fsp3) is 0.0732. The van der Waals surface area contributed by atoms with E-state index in [-0.39, 0.29) is 0 Å². The number of hydrogen-bond donors (Lipinski definition) is 1. The zero-order valence-corrected chi connectivity index (χ0v) is 26.2. The van der Waals surface area contributed by atoms with Gasteiger partial charge in [-0.05, 0) is 66.6 Å².